The molecule has 3 nitrogen and oxygen atoms in total. The zero-order valence-electron chi connectivity index (χ0n) is 11.3. The number of halogens is 1. The maximum Gasteiger partial charge on any atom is 0.262 e. The molecule has 0 radical (unpaired) electrons. The number of alkyl halides is 1. The summed E-state index contributed by atoms with van der Waals surface area (Å²) < 4.78 is 5.46. The summed E-state index contributed by atoms with van der Waals surface area (Å²) in [4.78, 5) is 14.4. The maximum atomic E-state index is 12.7. The number of para-hydroxylation sites is 2. The van der Waals surface area contributed by atoms with Gasteiger partial charge in [-0.25, -0.2) is 0 Å². The van der Waals surface area contributed by atoms with Gasteiger partial charge in [0.1, 0.15) is 11.3 Å². The van der Waals surface area contributed by atoms with Crippen LogP contribution in [-0.2, 0) is 0 Å². The van der Waals surface area contributed by atoms with Crippen LogP contribution in [-0.4, -0.2) is 18.0 Å². The molecule has 1 amide bonds. The van der Waals surface area contributed by atoms with Gasteiger partial charge in [0.15, 0.2) is 0 Å². The van der Waals surface area contributed by atoms with E-state index in [0.717, 1.165) is 5.69 Å². The summed E-state index contributed by atoms with van der Waals surface area (Å²) in [5, 5.41) is 0. The average Bonchev–Trinajstić information content (AvgIpc) is 2.50. The molecule has 0 fully saturated rings. The molecule has 2 aromatic carbocycles. The molecule has 0 unspecified atom stereocenters. The number of ether oxygens (including phenoxy) is 1. The highest BCUT2D eigenvalue weighted by Gasteiger charge is 2.19. The summed E-state index contributed by atoms with van der Waals surface area (Å²) in [6.07, 6.45) is 0. The zero-order valence-corrected chi connectivity index (χ0v) is 12.8. The zero-order chi connectivity index (χ0) is 14.4. The number of hydrogen-bond donors (Lipinski definition) is 0. The number of anilines is 1. The summed E-state index contributed by atoms with van der Waals surface area (Å²) in [7, 11) is 0. The summed E-state index contributed by atoms with van der Waals surface area (Å²) in [5.74, 6) is 0.527. The molecule has 0 aliphatic rings. The summed E-state index contributed by atoms with van der Waals surface area (Å²) in [6, 6.07) is 16.9. The second kappa shape index (κ2) is 7.10. The molecule has 0 saturated carbocycles. The minimum Gasteiger partial charge on any atom is -0.482 e. The van der Waals surface area contributed by atoms with Crippen LogP contribution in [0.15, 0.2) is 54.6 Å². The van der Waals surface area contributed by atoms with E-state index in [1.54, 1.807) is 17.0 Å². The van der Waals surface area contributed by atoms with Crippen LogP contribution in [0.1, 0.15) is 17.3 Å². The third-order valence-corrected chi connectivity index (χ3v) is 3.19. The molecule has 2 rings (SSSR count). The molecular weight excluding hydrogens is 318 g/mol. The third-order valence-electron chi connectivity index (χ3n) is 2.96. The van der Waals surface area contributed by atoms with Crippen LogP contribution in [0.2, 0.25) is 0 Å². The smallest absolute Gasteiger partial charge is 0.262 e. The molecule has 0 atom stereocenters. The highest BCUT2D eigenvalue weighted by Crippen LogP contribution is 2.23. The molecular formula is C16H16BrNO2. The molecule has 0 bridgehead atoms. The topological polar surface area (TPSA) is 29.5 Å². The Kier molecular flexibility index (Phi) is 5.18. The molecule has 0 aliphatic heterocycles. The molecule has 4 heteroatoms. The highest BCUT2D eigenvalue weighted by molar-refractivity contribution is 9.09. The number of carbonyl (C=O) groups excluding carboxylic acids is 1. The predicted octanol–water partition coefficient (Wildman–Crippen LogP) is 4.08. The first-order valence-electron chi connectivity index (χ1n) is 6.42. The van der Waals surface area contributed by atoms with Crippen LogP contribution in [0.3, 0.4) is 0 Å². The van der Waals surface area contributed by atoms with Crippen LogP contribution in [0, 0.1) is 0 Å². The van der Waals surface area contributed by atoms with Gasteiger partial charge in [-0.05, 0) is 47.1 Å². The van der Waals surface area contributed by atoms with Crippen molar-refractivity contribution < 1.29 is 9.53 Å². The fraction of sp³-hybridized carbons (Fsp3) is 0.188. The van der Waals surface area contributed by atoms with Gasteiger partial charge >= 0.3 is 0 Å². The van der Waals surface area contributed by atoms with Crippen molar-refractivity contribution in [3.05, 3.63) is 60.2 Å². The fourth-order valence-corrected chi connectivity index (χ4v) is 2.27. The lowest BCUT2D eigenvalue weighted by atomic mass is 10.1. The van der Waals surface area contributed by atoms with Crippen molar-refractivity contribution in [2.75, 3.05) is 17.0 Å². The monoisotopic (exact) mass is 333 g/mol. The van der Waals surface area contributed by atoms with Gasteiger partial charge in [-0.3, -0.25) is 4.79 Å². The Balaban J connectivity index is 2.34. The Labute approximate surface area is 127 Å². The van der Waals surface area contributed by atoms with E-state index in [2.05, 4.69) is 15.9 Å². The lowest BCUT2D eigenvalue weighted by molar-refractivity contribution is 0.0985. The van der Waals surface area contributed by atoms with Crippen molar-refractivity contribution in [1.82, 2.24) is 0 Å². The number of rotatable bonds is 5. The number of carbonyl (C=O) groups is 1. The third kappa shape index (κ3) is 3.20. The minimum absolute atomic E-state index is 0.0600. The van der Waals surface area contributed by atoms with Crippen LogP contribution in [0.25, 0.3) is 0 Å². The fourth-order valence-electron chi connectivity index (χ4n) is 2.02. The second-order valence-electron chi connectivity index (χ2n) is 4.13. The minimum atomic E-state index is -0.0600. The molecule has 0 N–H and O–H groups in total. The van der Waals surface area contributed by atoms with Crippen LogP contribution in [0.5, 0.6) is 5.75 Å². The first kappa shape index (κ1) is 14.6. The molecule has 0 aromatic heterocycles. The van der Waals surface area contributed by atoms with E-state index in [1.165, 1.54) is 0 Å². The van der Waals surface area contributed by atoms with E-state index in [0.29, 0.717) is 23.4 Å². The number of benzene rings is 2. The van der Waals surface area contributed by atoms with Gasteiger partial charge in [-0.15, -0.1) is 0 Å². The predicted molar refractivity (Wildman–Crippen MR) is 84.7 cm³/mol. The summed E-state index contributed by atoms with van der Waals surface area (Å²) in [5.41, 5.74) is 1.81. The van der Waals surface area contributed by atoms with Crippen molar-refractivity contribution in [3.8, 4) is 5.75 Å². The van der Waals surface area contributed by atoms with Gasteiger partial charge in [0.2, 0.25) is 0 Å². The Bertz CT molecular complexity index is 572. The van der Waals surface area contributed by atoms with Crippen LogP contribution < -0.4 is 9.64 Å². The Morgan fingerprint density at radius 1 is 1.10 bits per heavy atom. The van der Waals surface area contributed by atoms with Crippen molar-refractivity contribution in [3.63, 3.8) is 0 Å². The van der Waals surface area contributed by atoms with Gasteiger partial charge in [-0.2, -0.15) is 0 Å². The van der Waals surface area contributed by atoms with Crippen molar-refractivity contribution in [2.45, 2.75) is 6.92 Å². The summed E-state index contributed by atoms with van der Waals surface area (Å²) in [6.45, 7) is 2.56. The van der Waals surface area contributed by atoms with Gasteiger partial charge in [-0.1, -0.05) is 30.3 Å². The van der Waals surface area contributed by atoms with E-state index in [4.69, 9.17) is 4.74 Å². The standard InChI is InChI=1S/C16H16BrNO2/c1-2-18(13-8-4-3-5-9-13)16(19)14-10-6-7-11-15(14)20-12-17/h3-11H,2,12H2,1H3. The number of nitrogens with zero attached hydrogens (tertiary/aromatic N) is 1. The van der Waals surface area contributed by atoms with Gasteiger partial charge in [0.25, 0.3) is 5.91 Å². The molecule has 0 aliphatic carbocycles. The maximum absolute atomic E-state index is 12.7. The Hall–Kier alpha value is -1.81. The molecule has 20 heavy (non-hydrogen) atoms. The van der Waals surface area contributed by atoms with Gasteiger partial charge in [0.05, 0.1) is 5.56 Å². The van der Waals surface area contributed by atoms with E-state index in [-0.39, 0.29) is 5.91 Å². The highest BCUT2D eigenvalue weighted by atomic mass is 79.9. The normalized spacial score (nSPS) is 10.1. The van der Waals surface area contributed by atoms with Crippen LogP contribution >= 0.6 is 15.9 Å². The first-order valence-corrected chi connectivity index (χ1v) is 7.54. The van der Waals surface area contributed by atoms with Crippen molar-refractivity contribution in [1.29, 1.82) is 0 Å². The SMILES string of the molecule is CCN(C(=O)c1ccccc1OCBr)c1ccccc1. The Morgan fingerprint density at radius 2 is 1.75 bits per heavy atom. The number of amides is 1. The largest absolute Gasteiger partial charge is 0.482 e. The quantitative estimate of drug-likeness (QED) is 0.771. The lowest BCUT2D eigenvalue weighted by Gasteiger charge is -2.22. The van der Waals surface area contributed by atoms with Crippen LogP contribution in [0.4, 0.5) is 5.69 Å². The van der Waals surface area contributed by atoms with Gasteiger partial charge in [0, 0.05) is 12.2 Å². The average molecular weight is 334 g/mol. The van der Waals surface area contributed by atoms with E-state index in [9.17, 15) is 4.79 Å². The van der Waals surface area contributed by atoms with E-state index < -0.39 is 0 Å². The van der Waals surface area contributed by atoms with E-state index >= 15 is 0 Å². The molecule has 0 saturated heterocycles. The van der Waals surface area contributed by atoms with Gasteiger partial charge < -0.3 is 9.64 Å². The Morgan fingerprint density at radius 3 is 2.40 bits per heavy atom. The van der Waals surface area contributed by atoms with E-state index in [1.807, 2.05) is 49.4 Å². The lowest BCUT2D eigenvalue weighted by Crippen LogP contribution is -2.30. The molecule has 0 heterocycles. The first-order chi connectivity index (χ1) is 9.77. The summed E-state index contributed by atoms with van der Waals surface area (Å²) >= 11 is 3.22. The molecule has 2 aromatic rings. The molecule has 104 valence electrons. The molecule has 0 spiro atoms. The van der Waals surface area contributed by atoms with Crippen molar-refractivity contribution in [2.24, 2.45) is 0 Å². The van der Waals surface area contributed by atoms with Crippen molar-refractivity contribution >= 4 is 27.5 Å². The second-order valence-corrected chi connectivity index (χ2v) is 4.59. The number of hydrogen-bond acceptors (Lipinski definition) is 2.